The highest BCUT2D eigenvalue weighted by Crippen LogP contribution is 2.37. The van der Waals surface area contributed by atoms with E-state index < -0.39 is 5.60 Å². The third kappa shape index (κ3) is 5.08. The highest BCUT2D eigenvalue weighted by molar-refractivity contribution is 5.95. The Morgan fingerprint density at radius 1 is 1.21 bits per heavy atom. The van der Waals surface area contributed by atoms with Crippen molar-refractivity contribution in [2.45, 2.75) is 38.4 Å². The van der Waals surface area contributed by atoms with Gasteiger partial charge in [-0.2, -0.15) is 0 Å². The Morgan fingerprint density at radius 3 is 2.65 bits per heavy atom. The summed E-state index contributed by atoms with van der Waals surface area (Å²) >= 11 is 0. The number of fused-ring (bicyclic) bond motifs is 1. The van der Waals surface area contributed by atoms with Crippen molar-refractivity contribution >= 4 is 28.2 Å². The number of benzene rings is 2. The van der Waals surface area contributed by atoms with E-state index in [0.29, 0.717) is 37.4 Å². The molecule has 1 saturated heterocycles. The van der Waals surface area contributed by atoms with E-state index in [1.807, 2.05) is 42.5 Å². The van der Waals surface area contributed by atoms with Crippen LogP contribution < -0.4 is 14.8 Å². The number of hydrogen-bond acceptors (Lipinski definition) is 6. The van der Waals surface area contributed by atoms with Crippen molar-refractivity contribution in [1.29, 1.82) is 0 Å². The van der Waals surface area contributed by atoms with Crippen molar-refractivity contribution in [2.75, 3.05) is 25.5 Å². The van der Waals surface area contributed by atoms with E-state index in [4.69, 9.17) is 15.9 Å². The summed E-state index contributed by atoms with van der Waals surface area (Å²) in [6, 6.07) is 13.4. The quantitative estimate of drug-likeness (QED) is 0.540. The summed E-state index contributed by atoms with van der Waals surface area (Å²) in [6.45, 7) is 4.09. The molecule has 0 radical (unpaired) electrons. The van der Waals surface area contributed by atoms with Crippen LogP contribution in [0.5, 0.6) is 11.5 Å². The minimum absolute atomic E-state index is 0.0717. The number of methoxy groups -OCH3 is 1. The van der Waals surface area contributed by atoms with Crippen LogP contribution in [0.25, 0.3) is 10.9 Å². The molecule has 0 bridgehead atoms. The van der Waals surface area contributed by atoms with Crippen LogP contribution in [0.1, 0.15) is 32.3 Å². The monoisotopic (exact) mass is 459 g/mol. The summed E-state index contributed by atoms with van der Waals surface area (Å²) in [5, 5.41) is 14.3. The van der Waals surface area contributed by atoms with Gasteiger partial charge < -0.3 is 24.8 Å². The van der Waals surface area contributed by atoms with Crippen molar-refractivity contribution < 1.29 is 19.4 Å². The summed E-state index contributed by atoms with van der Waals surface area (Å²) in [6.07, 6.45) is 8.54. The van der Waals surface area contributed by atoms with Crippen LogP contribution in [0.2, 0.25) is 0 Å². The van der Waals surface area contributed by atoms with Crippen LogP contribution in [0.3, 0.4) is 0 Å². The summed E-state index contributed by atoms with van der Waals surface area (Å²) in [4.78, 5) is 18.5. The van der Waals surface area contributed by atoms with E-state index in [-0.39, 0.29) is 12.0 Å². The smallest absolute Gasteiger partial charge is 0.253 e. The molecule has 2 N–H and O–H groups in total. The first-order valence-electron chi connectivity index (χ1n) is 11.3. The van der Waals surface area contributed by atoms with Gasteiger partial charge in [-0.3, -0.25) is 9.78 Å². The van der Waals surface area contributed by atoms with Crippen molar-refractivity contribution in [3.05, 3.63) is 54.2 Å². The minimum Gasteiger partial charge on any atom is -0.493 e. The molecule has 34 heavy (non-hydrogen) atoms. The number of nitrogens with zero attached hydrogens (tertiary/aromatic N) is 2. The van der Waals surface area contributed by atoms with Gasteiger partial charge in [0.25, 0.3) is 5.91 Å². The zero-order valence-corrected chi connectivity index (χ0v) is 19.7. The third-order valence-corrected chi connectivity index (χ3v) is 5.88. The molecule has 7 nitrogen and oxygen atoms in total. The molecule has 0 aliphatic carbocycles. The van der Waals surface area contributed by atoms with E-state index in [2.05, 4.69) is 16.2 Å². The molecule has 2 aromatic carbocycles. The van der Waals surface area contributed by atoms with Gasteiger partial charge in [-0.05, 0) is 44.2 Å². The number of aliphatic hydroxyl groups is 1. The first-order valence-corrected chi connectivity index (χ1v) is 11.3. The molecular weight excluding hydrogens is 430 g/mol. The van der Waals surface area contributed by atoms with Gasteiger partial charge >= 0.3 is 0 Å². The van der Waals surface area contributed by atoms with E-state index in [0.717, 1.165) is 27.8 Å². The zero-order chi connectivity index (χ0) is 24.3. The largest absolute Gasteiger partial charge is 0.493 e. The molecule has 176 valence electrons. The average molecular weight is 460 g/mol. The van der Waals surface area contributed by atoms with Crippen molar-refractivity contribution in [2.24, 2.45) is 0 Å². The number of amides is 1. The standard InChI is InChI=1S/C27H29N3O4/c1-5-18-7-6-8-19(15-18)29-22-9-12-28-23-17-24(33-4)25(16-21(22)23)34-20-10-13-30(14-11-20)26(31)27(2,3)32/h1,6-9,12,15-17,20,32H,10-11,13-14H2,2-4H3,(H,28,29). The minimum atomic E-state index is -1.37. The number of rotatable bonds is 6. The summed E-state index contributed by atoms with van der Waals surface area (Å²) in [7, 11) is 1.60. The zero-order valence-electron chi connectivity index (χ0n) is 19.7. The fourth-order valence-electron chi connectivity index (χ4n) is 4.10. The molecule has 2 heterocycles. The van der Waals surface area contributed by atoms with Gasteiger partial charge in [-0.25, -0.2) is 0 Å². The number of anilines is 2. The van der Waals surface area contributed by atoms with Gasteiger partial charge in [0, 0.05) is 60.5 Å². The second kappa shape index (κ2) is 9.62. The van der Waals surface area contributed by atoms with E-state index >= 15 is 0 Å². The second-order valence-corrected chi connectivity index (χ2v) is 8.90. The van der Waals surface area contributed by atoms with Crippen LogP contribution in [0.4, 0.5) is 11.4 Å². The lowest BCUT2D eigenvalue weighted by Crippen LogP contribution is -2.49. The first kappa shape index (κ1) is 23.4. The molecule has 4 rings (SSSR count). The van der Waals surface area contributed by atoms with Crippen LogP contribution in [-0.2, 0) is 4.79 Å². The van der Waals surface area contributed by atoms with Gasteiger partial charge in [0.2, 0.25) is 0 Å². The first-order chi connectivity index (χ1) is 16.3. The molecule has 0 saturated carbocycles. The molecule has 0 unspecified atom stereocenters. The highest BCUT2D eigenvalue weighted by Gasteiger charge is 2.32. The van der Waals surface area contributed by atoms with Gasteiger partial charge in [-0.1, -0.05) is 12.0 Å². The SMILES string of the molecule is C#Cc1cccc(Nc2ccnc3cc(OC)c(OC4CCN(C(=O)C(C)(C)O)CC4)cc23)c1. The Morgan fingerprint density at radius 2 is 1.97 bits per heavy atom. The predicted octanol–water partition coefficient (Wildman–Crippen LogP) is 4.11. The van der Waals surface area contributed by atoms with Gasteiger partial charge in [0.15, 0.2) is 11.5 Å². The number of carbonyl (C=O) groups is 1. The molecule has 3 aromatic rings. The van der Waals surface area contributed by atoms with E-state index in [1.54, 1.807) is 18.2 Å². The molecule has 1 fully saturated rings. The number of carbonyl (C=O) groups excluding carboxylic acids is 1. The molecule has 0 spiro atoms. The maximum atomic E-state index is 12.3. The third-order valence-electron chi connectivity index (χ3n) is 5.88. The van der Waals surface area contributed by atoms with Crippen LogP contribution >= 0.6 is 0 Å². The van der Waals surface area contributed by atoms with Crippen LogP contribution in [0, 0.1) is 12.3 Å². The van der Waals surface area contributed by atoms with Gasteiger partial charge in [0.1, 0.15) is 11.7 Å². The van der Waals surface area contributed by atoms with Crippen LogP contribution in [-0.4, -0.2) is 52.8 Å². The molecule has 7 heteroatoms. The Balaban J connectivity index is 1.56. The topological polar surface area (TPSA) is 83.9 Å². The number of aromatic nitrogens is 1. The normalized spacial score (nSPS) is 14.5. The summed E-state index contributed by atoms with van der Waals surface area (Å²) in [5.41, 5.74) is 1.95. The van der Waals surface area contributed by atoms with Crippen molar-refractivity contribution in [3.63, 3.8) is 0 Å². The summed E-state index contributed by atoms with van der Waals surface area (Å²) in [5.74, 6) is 3.61. The second-order valence-electron chi connectivity index (χ2n) is 8.90. The van der Waals surface area contributed by atoms with Crippen LogP contribution in [0.15, 0.2) is 48.7 Å². The van der Waals surface area contributed by atoms with Gasteiger partial charge in [0.05, 0.1) is 12.6 Å². The number of pyridine rings is 1. The molecule has 1 aliphatic heterocycles. The molecular formula is C27H29N3O4. The fraction of sp³-hybridized carbons (Fsp3) is 0.333. The number of nitrogens with one attached hydrogen (secondary N) is 1. The lowest BCUT2D eigenvalue weighted by atomic mass is 10.0. The molecule has 0 atom stereocenters. The number of terminal acetylenes is 1. The lowest BCUT2D eigenvalue weighted by Gasteiger charge is -2.35. The van der Waals surface area contributed by atoms with Crippen molar-refractivity contribution in [1.82, 2.24) is 9.88 Å². The number of piperidine rings is 1. The maximum absolute atomic E-state index is 12.3. The van der Waals surface area contributed by atoms with E-state index in [1.165, 1.54) is 13.8 Å². The maximum Gasteiger partial charge on any atom is 0.253 e. The summed E-state index contributed by atoms with van der Waals surface area (Å²) < 4.78 is 11.9. The Labute approximate surface area is 199 Å². The molecule has 1 aliphatic rings. The number of hydrogen-bond donors (Lipinski definition) is 2. The lowest BCUT2D eigenvalue weighted by molar-refractivity contribution is -0.149. The average Bonchev–Trinajstić information content (AvgIpc) is 2.83. The number of likely N-dealkylation sites (tertiary alicyclic amines) is 1. The Bertz CT molecular complexity index is 1230. The highest BCUT2D eigenvalue weighted by atomic mass is 16.5. The fourth-order valence-corrected chi connectivity index (χ4v) is 4.10. The Kier molecular flexibility index (Phi) is 6.62. The Hall–Kier alpha value is -3.76. The molecule has 1 amide bonds. The van der Waals surface area contributed by atoms with Gasteiger partial charge in [-0.15, -0.1) is 6.42 Å². The molecule has 1 aromatic heterocycles. The van der Waals surface area contributed by atoms with E-state index in [9.17, 15) is 9.90 Å². The predicted molar refractivity (Wildman–Crippen MR) is 132 cm³/mol. The van der Waals surface area contributed by atoms with Crippen molar-refractivity contribution in [3.8, 4) is 23.8 Å². The number of ether oxygens (including phenoxy) is 2.